The van der Waals surface area contributed by atoms with Crippen molar-refractivity contribution in [1.82, 2.24) is 4.90 Å². The Kier molecular flexibility index (Phi) is 6.45. The van der Waals surface area contributed by atoms with Gasteiger partial charge in [0.2, 0.25) is 5.91 Å². The van der Waals surface area contributed by atoms with E-state index in [1.165, 1.54) is 5.56 Å². The molecule has 0 spiro atoms. The molecule has 0 saturated carbocycles. The van der Waals surface area contributed by atoms with E-state index in [-0.39, 0.29) is 11.9 Å². The second-order valence-corrected chi connectivity index (χ2v) is 6.32. The number of amides is 1. The Morgan fingerprint density at radius 3 is 2.40 bits per heavy atom. The molecule has 1 unspecified atom stereocenters. The maximum absolute atomic E-state index is 12.4. The molecule has 0 saturated heterocycles. The van der Waals surface area contributed by atoms with Crippen LogP contribution in [0.25, 0.3) is 0 Å². The Balaban J connectivity index is 1.88. The van der Waals surface area contributed by atoms with Crippen molar-refractivity contribution in [2.45, 2.75) is 33.2 Å². The first-order valence-corrected chi connectivity index (χ1v) is 8.52. The standard InChI is InChI=1S/C21H27NO3/c1-15-6-11-20(16(2)14-15)25-13-12-21(23)22(4)17(3)18-7-9-19(24-5)10-8-18/h6-11,14,17H,12-13H2,1-5H3. The van der Waals surface area contributed by atoms with E-state index in [4.69, 9.17) is 9.47 Å². The fourth-order valence-corrected chi connectivity index (χ4v) is 2.71. The van der Waals surface area contributed by atoms with Crippen LogP contribution in [-0.2, 0) is 4.79 Å². The fraction of sp³-hybridized carbons (Fsp3) is 0.381. The molecular weight excluding hydrogens is 314 g/mol. The van der Waals surface area contributed by atoms with Gasteiger partial charge in [0.05, 0.1) is 26.2 Å². The van der Waals surface area contributed by atoms with Gasteiger partial charge in [0, 0.05) is 7.05 Å². The predicted octanol–water partition coefficient (Wildman–Crippen LogP) is 4.30. The molecule has 4 nitrogen and oxygen atoms in total. The van der Waals surface area contributed by atoms with E-state index in [0.717, 1.165) is 22.6 Å². The smallest absolute Gasteiger partial charge is 0.226 e. The van der Waals surface area contributed by atoms with Gasteiger partial charge < -0.3 is 14.4 Å². The molecule has 2 aromatic rings. The second-order valence-electron chi connectivity index (χ2n) is 6.32. The van der Waals surface area contributed by atoms with Crippen LogP contribution in [0, 0.1) is 13.8 Å². The highest BCUT2D eigenvalue weighted by Crippen LogP contribution is 2.23. The van der Waals surface area contributed by atoms with Crippen LogP contribution in [0.4, 0.5) is 0 Å². The average Bonchev–Trinajstić information content (AvgIpc) is 2.62. The number of nitrogens with zero attached hydrogens (tertiary/aromatic N) is 1. The first-order valence-electron chi connectivity index (χ1n) is 8.52. The summed E-state index contributed by atoms with van der Waals surface area (Å²) in [5.41, 5.74) is 3.37. The Bertz CT molecular complexity index is 710. The van der Waals surface area contributed by atoms with E-state index >= 15 is 0 Å². The van der Waals surface area contributed by atoms with Crippen molar-refractivity contribution in [3.05, 3.63) is 59.2 Å². The highest BCUT2D eigenvalue weighted by Gasteiger charge is 2.17. The average molecular weight is 341 g/mol. The van der Waals surface area contributed by atoms with Gasteiger partial charge in [0.15, 0.2) is 0 Å². The quantitative estimate of drug-likeness (QED) is 0.754. The van der Waals surface area contributed by atoms with Gasteiger partial charge in [0.25, 0.3) is 0 Å². The zero-order chi connectivity index (χ0) is 18.4. The fourth-order valence-electron chi connectivity index (χ4n) is 2.71. The van der Waals surface area contributed by atoms with Crippen molar-refractivity contribution in [2.75, 3.05) is 20.8 Å². The van der Waals surface area contributed by atoms with Crippen molar-refractivity contribution in [3.63, 3.8) is 0 Å². The van der Waals surface area contributed by atoms with Gasteiger partial charge in [-0.2, -0.15) is 0 Å². The lowest BCUT2D eigenvalue weighted by molar-refractivity contribution is -0.132. The summed E-state index contributed by atoms with van der Waals surface area (Å²) in [5, 5.41) is 0. The van der Waals surface area contributed by atoms with E-state index < -0.39 is 0 Å². The molecule has 2 aromatic carbocycles. The maximum atomic E-state index is 12.4. The summed E-state index contributed by atoms with van der Waals surface area (Å²) in [5.74, 6) is 1.71. The summed E-state index contributed by atoms with van der Waals surface area (Å²) < 4.78 is 10.9. The molecule has 4 heteroatoms. The summed E-state index contributed by atoms with van der Waals surface area (Å²) in [6, 6.07) is 13.8. The number of methoxy groups -OCH3 is 1. The van der Waals surface area contributed by atoms with Crippen molar-refractivity contribution in [1.29, 1.82) is 0 Å². The molecule has 0 fully saturated rings. The lowest BCUT2D eigenvalue weighted by atomic mass is 10.1. The number of rotatable bonds is 7. The highest BCUT2D eigenvalue weighted by molar-refractivity contribution is 5.76. The van der Waals surface area contributed by atoms with E-state index in [1.54, 1.807) is 12.0 Å². The molecule has 0 aromatic heterocycles. The van der Waals surface area contributed by atoms with Crippen LogP contribution in [0.1, 0.15) is 36.1 Å². The van der Waals surface area contributed by atoms with Crippen molar-refractivity contribution < 1.29 is 14.3 Å². The number of benzene rings is 2. The minimum absolute atomic E-state index is 0.000447. The zero-order valence-electron chi connectivity index (χ0n) is 15.7. The van der Waals surface area contributed by atoms with Crippen LogP contribution in [0.3, 0.4) is 0 Å². The lowest BCUT2D eigenvalue weighted by Crippen LogP contribution is -2.30. The van der Waals surface area contributed by atoms with Gasteiger partial charge in [-0.1, -0.05) is 29.8 Å². The molecular formula is C21H27NO3. The Labute approximate surface area is 150 Å². The monoisotopic (exact) mass is 341 g/mol. The second kappa shape index (κ2) is 8.56. The Hall–Kier alpha value is -2.49. The maximum Gasteiger partial charge on any atom is 0.226 e. The highest BCUT2D eigenvalue weighted by atomic mass is 16.5. The summed E-state index contributed by atoms with van der Waals surface area (Å²) in [6.45, 7) is 6.46. The van der Waals surface area contributed by atoms with E-state index in [0.29, 0.717) is 13.0 Å². The topological polar surface area (TPSA) is 38.8 Å². The van der Waals surface area contributed by atoms with Gasteiger partial charge in [0.1, 0.15) is 11.5 Å². The first-order chi connectivity index (χ1) is 11.9. The summed E-state index contributed by atoms with van der Waals surface area (Å²) >= 11 is 0. The molecule has 134 valence electrons. The van der Waals surface area contributed by atoms with Crippen LogP contribution in [0.15, 0.2) is 42.5 Å². The number of hydrogen-bond donors (Lipinski definition) is 0. The number of carbonyl (C=O) groups is 1. The molecule has 0 radical (unpaired) electrons. The SMILES string of the molecule is COc1ccc(C(C)N(C)C(=O)CCOc2ccc(C)cc2C)cc1. The number of ether oxygens (including phenoxy) is 2. The van der Waals surface area contributed by atoms with E-state index in [9.17, 15) is 4.79 Å². The van der Waals surface area contributed by atoms with E-state index in [1.807, 2.05) is 57.3 Å². The van der Waals surface area contributed by atoms with Crippen LogP contribution in [0.5, 0.6) is 11.5 Å². The summed E-state index contributed by atoms with van der Waals surface area (Å²) in [4.78, 5) is 14.2. The molecule has 1 atom stereocenters. The van der Waals surface area contributed by atoms with Crippen molar-refractivity contribution in [2.24, 2.45) is 0 Å². The van der Waals surface area contributed by atoms with Gasteiger partial charge >= 0.3 is 0 Å². The van der Waals surface area contributed by atoms with Crippen molar-refractivity contribution in [3.8, 4) is 11.5 Å². The van der Waals surface area contributed by atoms with Crippen LogP contribution >= 0.6 is 0 Å². The number of carbonyl (C=O) groups excluding carboxylic acids is 1. The van der Waals surface area contributed by atoms with Gasteiger partial charge in [-0.3, -0.25) is 4.79 Å². The van der Waals surface area contributed by atoms with Gasteiger partial charge in [-0.05, 0) is 50.1 Å². The molecule has 0 heterocycles. The third-order valence-corrected chi connectivity index (χ3v) is 4.48. The largest absolute Gasteiger partial charge is 0.497 e. The number of aryl methyl sites for hydroxylation is 2. The van der Waals surface area contributed by atoms with Crippen molar-refractivity contribution >= 4 is 5.91 Å². The van der Waals surface area contributed by atoms with E-state index in [2.05, 4.69) is 13.0 Å². The minimum Gasteiger partial charge on any atom is -0.497 e. The molecule has 2 rings (SSSR count). The molecule has 25 heavy (non-hydrogen) atoms. The number of hydrogen-bond acceptors (Lipinski definition) is 3. The predicted molar refractivity (Wildman–Crippen MR) is 100 cm³/mol. The van der Waals surface area contributed by atoms with Gasteiger partial charge in [-0.15, -0.1) is 0 Å². The van der Waals surface area contributed by atoms with Gasteiger partial charge in [-0.25, -0.2) is 0 Å². The normalized spacial score (nSPS) is 11.7. The zero-order valence-corrected chi connectivity index (χ0v) is 15.7. The molecule has 0 aliphatic heterocycles. The van der Waals surface area contributed by atoms with Crippen LogP contribution in [0.2, 0.25) is 0 Å². The van der Waals surface area contributed by atoms with Crippen LogP contribution < -0.4 is 9.47 Å². The van der Waals surface area contributed by atoms with Crippen LogP contribution in [-0.4, -0.2) is 31.6 Å². The molecule has 0 N–H and O–H groups in total. The minimum atomic E-state index is -0.000447. The molecule has 0 aliphatic carbocycles. The molecule has 0 aliphatic rings. The lowest BCUT2D eigenvalue weighted by Gasteiger charge is -2.25. The summed E-state index contributed by atoms with van der Waals surface area (Å²) in [7, 11) is 3.47. The Morgan fingerprint density at radius 1 is 1.12 bits per heavy atom. The third kappa shape index (κ3) is 4.99. The molecule has 0 bridgehead atoms. The molecule has 1 amide bonds. The first kappa shape index (κ1) is 18.8. The Morgan fingerprint density at radius 2 is 1.80 bits per heavy atom. The summed E-state index contributed by atoms with van der Waals surface area (Å²) in [6.07, 6.45) is 0.351. The third-order valence-electron chi connectivity index (χ3n) is 4.48.